The van der Waals surface area contributed by atoms with Crippen LogP contribution in [0.3, 0.4) is 0 Å². The Morgan fingerprint density at radius 2 is 1.85 bits per heavy atom. The predicted octanol–water partition coefficient (Wildman–Crippen LogP) is 4.36. The van der Waals surface area contributed by atoms with Crippen molar-refractivity contribution in [3.05, 3.63) is 66.4 Å². The number of nitrogens with zero attached hydrogens (tertiary/aromatic N) is 3. The van der Waals surface area contributed by atoms with Gasteiger partial charge in [-0.1, -0.05) is 48.5 Å². The van der Waals surface area contributed by atoms with Crippen molar-refractivity contribution in [2.24, 2.45) is 0 Å². The molecule has 0 aliphatic rings. The lowest BCUT2D eigenvalue weighted by Gasteiger charge is -2.13. The predicted molar refractivity (Wildman–Crippen MR) is 102 cm³/mol. The van der Waals surface area contributed by atoms with Gasteiger partial charge in [-0.2, -0.15) is 0 Å². The van der Waals surface area contributed by atoms with Crippen LogP contribution in [0.15, 0.2) is 60.8 Å². The molecule has 0 unspecified atom stereocenters. The number of methoxy groups -OCH3 is 1. The SMILES string of the molecule is CCc1cc(-n2nncc2-c2ccc3ccccc3c2)c(O)cc1OC. The lowest BCUT2D eigenvalue weighted by atomic mass is 10.0. The molecule has 1 aromatic heterocycles. The summed E-state index contributed by atoms with van der Waals surface area (Å²) in [5.74, 6) is 0.771. The van der Waals surface area contributed by atoms with Crippen LogP contribution in [0.1, 0.15) is 12.5 Å². The normalized spacial score (nSPS) is 11.0. The Morgan fingerprint density at radius 3 is 2.62 bits per heavy atom. The molecular weight excluding hydrogens is 326 g/mol. The van der Waals surface area contributed by atoms with Gasteiger partial charge in [-0.25, -0.2) is 4.68 Å². The van der Waals surface area contributed by atoms with Gasteiger partial charge in [0.25, 0.3) is 0 Å². The molecule has 4 rings (SSSR count). The summed E-state index contributed by atoms with van der Waals surface area (Å²) in [5, 5.41) is 21.1. The fourth-order valence-corrected chi connectivity index (χ4v) is 3.20. The average molecular weight is 345 g/mol. The highest BCUT2D eigenvalue weighted by Gasteiger charge is 2.15. The van der Waals surface area contributed by atoms with E-state index in [1.54, 1.807) is 24.1 Å². The number of fused-ring (bicyclic) bond motifs is 1. The van der Waals surface area contributed by atoms with Crippen molar-refractivity contribution >= 4 is 10.8 Å². The zero-order valence-electron chi connectivity index (χ0n) is 14.7. The minimum atomic E-state index is 0.103. The Balaban J connectivity index is 1.87. The van der Waals surface area contributed by atoms with Gasteiger partial charge in [0.05, 0.1) is 19.0 Å². The summed E-state index contributed by atoms with van der Waals surface area (Å²) in [6.45, 7) is 2.05. The number of aryl methyl sites for hydroxylation is 1. The van der Waals surface area contributed by atoms with Crippen LogP contribution in [0.4, 0.5) is 0 Å². The summed E-state index contributed by atoms with van der Waals surface area (Å²) in [4.78, 5) is 0. The summed E-state index contributed by atoms with van der Waals surface area (Å²) in [6, 6.07) is 17.9. The molecule has 0 radical (unpaired) electrons. The first kappa shape index (κ1) is 16.1. The quantitative estimate of drug-likeness (QED) is 0.597. The maximum Gasteiger partial charge on any atom is 0.145 e. The van der Waals surface area contributed by atoms with Gasteiger partial charge < -0.3 is 9.84 Å². The van der Waals surface area contributed by atoms with Gasteiger partial charge in [0.15, 0.2) is 0 Å². The minimum absolute atomic E-state index is 0.103. The monoisotopic (exact) mass is 345 g/mol. The van der Waals surface area contributed by atoms with Crippen molar-refractivity contribution < 1.29 is 9.84 Å². The Kier molecular flexibility index (Phi) is 4.05. The van der Waals surface area contributed by atoms with E-state index in [1.165, 1.54) is 5.39 Å². The maximum absolute atomic E-state index is 10.5. The molecule has 0 bridgehead atoms. The Hall–Kier alpha value is -3.34. The highest BCUT2D eigenvalue weighted by atomic mass is 16.5. The van der Waals surface area contributed by atoms with Crippen molar-refractivity contribution in [3.8, 4) is 28.4 Å². The zero-order chi connectivity index (χ0) is 18.1. The fraction of sp³-hybridized carbons (Fsp3) is 0.143. The number of hydrogen-bond donors (Lipinski definition) is 1. The van der Waals surface area contributed by atoms with Gasteiger partial charge in [-0.3, -0.25) is 0 Å². The van der Waals surface area contributed by atoms with Crippen molar-refractivity contribution in [3.63, 3.8) is 0 Å². The number of hydrogen-bond acceptors (Lipinski definition) is 4. The topological polar surface area (TPSA) is 60.2 Å². The van der Waals surface area contributed by atoms with E-state index in [0.717, 1.165) is 28.6 Å². The molecule has 0 saturated heterocycles. The molecule has 4 aromatic rings. The molecule has 0 aliphatic carbocycles. The van der Waals surface area contributed by atoms with E-state index in [1.807, 2.05) is 31.2 Å². The van der Waals surface area contributed by atoms with Crippen molar-refractivity contribution in [1.29, 1.82) is 0 Å². The molecule has 0 aliphatic heterocycles. The third kappa shape index (κ3) is 2.67. The van der Waals surface area contributed by atoms with Gasteiger partial charge in [0, 0.05) is 11.6 Å². The van der Waals surface area contributed by atoms with Crippen molar-refractivity contribution in [2.75, 3.05) is 7.11 Å². The standard InChI is InChI=1S/C21H19N3O2/c1-3-14-11-18(20(25)12-21(14)26-2)24-19(13-22-23-24)17-9-8-15-6-4-5-7-16(15)10-17/h4-13,25H,3H2,1-2H3. The summed E-state index contributed by atoms with van der Waals surface area (Å²) in [5.41, 5.74) is 3.39. The van der Waals surface area contributed by atoms with E-state index in [9.17, 15) is 5.11 Å². The van der Waals surface area contributed by atoms with Gasteiger partial charge >= 0.3 is 0 Å². The summed E-state index contributed by atoms with van der Waals surface area (Å²) >= 11 is 0. The second kappa shape index (κ2) is 6.52. The molecule has 0 fully saturated rings. The van der Waals surface area contributed by atoms with Crippen LogP contribution in [0.2, 0.25) is 0 Å². The van der Waals surface area contributed by atoms with Gasteiger partial charge in [0.1, 0.15) is 17.2 Å². The lowest BCUT2D eigenvalue weighted by molar-refractivity contribution is 0.402. The third-order valence-corrected chi connectivity index (χ3v) is 4.58. The van der Waals surface area contributed by atoms with E-state index in [2.05, 4.69) is 34.6 Å². The summed E-state index contributed by atoms with van der Waals surface area (Å²) in [6.07, 6.45) is 2.50. The molecule has 1 N–H and O–H groups in total. The van der Waals surface area contributed by atoms with E-state index in [-0.39, 0.29) is 5.75 Å². The highest BCUT2D eigenvalue weighted by Crippen LogP contribution is 2.33. The van der Waals surface area contributed by atoms with E-state index in [0.29, 0.717) is 11.4 Å². The maximum atomic E-state index is 10.5. The second-order valence-corrected chi connectivity index (χ2v) is 6.10. The van der Waals surface area contributed by atoms with E-state index in [4.69, 9.17) is 4.74 Å². The zero-order valence-corrected chi connectivity index (χ0v) is 14.7. The number of phenols is 1. The molecule has 0 spiro atoms. The number of phenolic OH excluding ortho intramolecular Hbond substituents is 1. The highest BCUT2D eigenvalue weighted by molar-refractivity contribution is 5.87. The molecular formula is C21H19N3O2. The average Bonchev–Trinajstić information content (AvgIpc) is 3.16. The fourth-order valence-electron chi connectivity index (χ4n) is 3.20. The van der Waals surface area contributed by atoms with Crippen molar-refractivity contribution in [1.82, 2.24) is 15.0 Å². The number of aromatic nitrogens is 3. The number of rotatable bonds is 4. The van der Waals surface area contributed by atoms with Crippen LogP contribution < -0.4 is 4.74 Å². The van der Waals surface area contributed by atoms with Gasteiger partial charge in [-0.15, -0.1) is 5.10 Å². The lowest BCUT2D eigenvalue weighted by Crippen LogP contribution is -2.02. The molecule has 5 nitrogen and oxygen atoms in total. The number of benzene rings is 3. The Morgan fingerprint density at radius 1 is 1.04 bits per heavy atom. The van der Waals surface area contributed by atoms with Gasteiger partial charge in [-0.05, 0) is 34.9 Å². The molecule has 26 heavy (non-hydrogen) atoms. The largest absolute Gasteiger partial charge is 0.506 e. The van der Waals surface area contributed by atoms with Crippen LogP contribution in [0.25, 0.3) is 27.7 Å². The minimum Gasteiger partial charge on any atom is -0.506 e. The molecule has 0 amide bonds. The smallest absolute Gasteiger partial charge is 0.145 e. The van der Waals surface area contributed by atoms with Crippen LogP contribution in [0, 0.1) is 0 Å². The summed E-state index contributed by atoms with van der Waals surface area (Å²) < 4.78 is 7.01. The van der Waals surface area contributed by atoms with Gasteiger partial charge in [0.2, 0.25) is 0 Å². The molecule has 130 valence electrons. The van der Waals surface area contributed by atoms with Crippen LogP contribution >= 0.6 is 0 Å². The van der Waals surface area contributed by atoms with Crippen LogP contribution in [0.5, 0.6) is 11.5 Å². The van der Waals surface area contributed by atoms with E-state index < -0.39 is 0 Å². The number of ether oxygens (including phenoxy) is 1. The first-order valence-corrected chi connectivity index (χ1v) is 8.51. The number of aromatic hydroxyl groups is 1. The first-order chi connectivity index (χ1) is 12.7. The molecule has 0 saturated carbocycles. The third-order valence-electron chi connectivity index (χ3n) is 4.58. The van der Waals surface area contributed by atoms with Crippen LogP contribution in [-0.4, -0.2) is 27.2 Å². The van der Waals surface area contributed by atoms with E-state index >= 15 is 0 Å². The first-order valence-electron chi connectivity index (χ1n) is 8.51. The molecule has 1 heterocycles. The van der Waals surface area contributed by atoms with Crippen molar-refractivity contribution in [2.45, 2.75) is 13.3 Å². The molecule has 5 heteroatoms. The molecule has 3 aromatic carbocycles. The Bertz CT molecular complexity index is 1090. The Labute approximate surface area is 151 Å². The second-order valence-electron chi connectivity index (χ2n) is 6.10. The molecule has 0 atom stereocenters. The summed E-state index contributed by atoms with van der Waals surface area (Å²) in [7, 11) is 1.60. The van der Waals surface area contributed by atoms with Crippen LogP contribution in [-0.2, 0) is 6.42 Å².